The first kappa shape index (κ1) is 9.88. The third kappa shape index (κ3) is 2.42. The first-order valence-electron chi connectivity index (χ1n) is 4.53. The second kappa shape index (κ2) is 4.72. The molecule has 2 heterocycles. The molecule has 0 spiro atoms. The third-order valence-electron chi connectivity index (χ3n) is 1.74. The Labute approximate surface area is 86.0 Å². The molecule has 0 atom stereocenters. The van der Waals surface area contributed by atoms with Gasteiger partial charge in [-0.2, -0.15) is 4.98 Å². The maximum absolute atomic E-state index is 5.27. The van der Waals surface area contributed by atoms with Crippen LogP contribution in [0.25, 0.3) is 11.4 Å². The van der Waals surface area contributed by atoms with E-state index in [4.69, 9.17) is 19.4 Å². The molecule has 0 amide bonds. The van der Waals surface area contributed by atoms with Gasteiger partial charge in [0, 0.05) is 6.54 Å². The average Bonchev–Trinajstić information content (AvgIpc) is 2.87. The van der Waals surface area contributed by atoms with Gasteiger partial charge in [0.05, 0.1) is 18.4 Å². The molecule has 2 aromatic rings. The lowest BCUT2D eigenvalue weighted by Gasteiger charge is -1.95. The van der Waals surface area contributed by atoms with Gasteiger partial charge in [-0.15, -0.1) is 0 Å². The van der Waals surface area contributed by atoms with Gasteiger partial charge in [-0.25, -0.2) is 0 Å². The molecule has 0 aliphatic heterocycles. The molecular weight excluding hydrogens is 198 g/mol. The molecule has 2 aromatic heterocycles. The van der Waals surface area contributed by atoms with Crippen LogP contribution in [-0.2, 0) is 11.3 Å². The van der Waals surface area contributed by atoms with Crippen LogP contribution in [0, 0.1) is 0 Å². The highest BCUT2D eigenvalue weighted by Crippen LogP contribution is 2.15. The fraction of sp³-hybridized carbons (Fsp3) is 0.333. The quantitative estimate of drug-likeness (QED) is 0.733. The number of hydrogen-bond acceptors (Lipinski definition) is 6. The molecule has 0 saturated heterocycles. The highest BCUT2D eigenvalue weighted by atomic mass is 16.5. The van der Waals surface area contributed by atoms with Crippen molar-refractivity contribution in [3.05, 3.63) is 24.5 Å². The first-order valence-corrected chi connectivity index (χ1v) is 4.53. The van der Waals surface area contributed by atoms with Crippen molar-refractivity contribution in [3.8, 4) is 11.4 Å². The van der Waals surface area contributed by atoms with Gasteiger partial charge in [-0.1, -0.05) is 5.16 Å². The minimum absolute atomic E-state index is 0.280. The Morgan fingerprint density at radius 3 is 3.13 bits per heavy atom. The molecule has 2 N–H and O–H groups in total. The maximum Gasteiger partial charge on any atom is 0.252 e. The number of rotatable bonds is 5. The van der Waals surface area contributed by atoms with Crippen LogP contribution in [0.15, 0.2) is 27.5 Å². The molecule has 0 aliphatic carbocycles. The van der Waals surface area contributed by atoms with Crippen LogP contribution in [0.4, 0.5) is 0 Å². The first-order chi connectivity index (χ1) is 7.40. The average molecular weight is 209 g/mol. The van der Waals surface area contributed by atoms with Gasteiger partial charge in [-0.3, -0.25) is 0 Å². The Kier molecular flexibility index (Phi) is 3.11. The summed E-state index contributed by atoms with van der Waals surface area (Å²) in [5.41, 5.74) is 6.05. The topological polar surface area (TPSA) is 87.3 Å². The van der Waals surface area contributed by atoms with E-state index >= 15 is 0 Å². The van der Waals surface area contributed by atoms with Gasteiger partial charge in [0.25, 0.3) is 5.89 Å². The Morgan fingerprint density at radius 1 is 1.47 bits per heavy atom. The van der Waals surface area contributed by atoms with Crippen LogP contribution in [0.5, 0.6) is 0 Å². The number of nitrogens with zero attached hydrogens (tertiary/aromatic N) is 2. The van der Waals surface area contributed by atoms with Crippen LogP contribution in [0.3, 0.4) is 0 Å². The largest absolute Gasteiger partial charge is 0.472 e. The van der Waals surface area contributed by atoms with Gasteiger partial charge in [0.2, 0.25) is 5.82 Å². The van der Waals surface area contributed by atoms with E-state index in [2.05, 4.69) is 10.1 Å². The SMILES string of the molecule is NCCOCc1nc(-c2ccoc2)no1. The molecule has 2 rings (SSSR count). The molecule has 0 fully saturated rings. The lowest BCUT2D eigenvalue weighted by atomic mass is 10.3. The molecule has 0 saturated carbocycles. The maximum atomic E-state index is 5.27. The summed E-state index contributed by atoms with van der Waals surface area (Å²) in [6.45, 7) is 1.23. The van der Waals surface area contributed by atoms with Crippen LogP contribution >= 0.6 is 0 Å². The predicted octanol–water partition coefficient (Wildman–Crippen LogP) is 0.805. The van der Waals surface area contributed by atoms with E-state index in [9.17, 15) is 0 Å². The van der Waals surface area contributed by atoms with Crippen molar-refractivity contribution < 1.29 is 13.7 Å². The van der Waals surface area contributed by atoms with Crippen LogP contribution < -0.4 is 5.73 Å². The number of furan rings is 1. The molecular formula is C9H11N3O3. The minimum Gasteiger partial charge on any atom is -0.472 e. The number of hydrogen-bond donors (Lipinski definition) is 1. The summed E-state index contributed by atoms with van der Waals surface area (Å²) >= 11 is 0. The molecule has 0 aliphatic rings. The van der Waals surface area contributed by atoms with Crippen molar-refractivity contribution in [1.82, 2.24) is 10.1 Å². The Morgan fingerprint density at radius 2 is 2.40 bits per heavy atom. The number of aromatic nitrogens is 2. The zero-order chi connectivity index (χ0) is 10.5. The second-order valence-electron chi connectivity index (χ2n) is 2.87. The Hall–Kier alpha value is -1.66. The summed E-state index contributed by atoms with van der Waals surface area (Å²) in [6.07, 6.45) is 3.10. The van der Waals surface area contributed by atoms with Gasteiger partial charge in [-0.05, 0) is 6.07 Å². The van der Waals surface area contributed by atoms with Gasteiger partial charge in [0.1, 0.15) is 12.9 Å². The molecule has 0 bridgehead atoms. The lowest BCUT2D eigenvalue weighted by Crippen LogP contribution is -2.08. The summed E-state index contributed by atoms with van der Waals surface area (Å²) < 4.78 is 15.0. The molecule has 0 radical (unpaired) electrons. The van der Waals surface area contributed by atoms with Crippen molar-refractivity contribution >= 4 is 0 Å². The summed E-state index contributed by atoms with van der Waals surface area (Å²) in [4.78, 5) is 4.12. The number of nitrogens with two attached hydrogens (primary N) is 1. The van der Waals surface area contributed by atoms with Gasteiger partial charge >= 0.3 is 0 Å². The fourth-order valence-electron chi connectivity index (χ4n) is 1.07. The van der Waals surface area contributed by atoms with E-state index in [1.165, 1.54) is 0 Å². The van der Waals surface area contributed by atoms with E-state index in [0.717, 1.165) is 5.56 Å². The summed E-state index contributed by atoms with van der Waals surface area (Å²) in [5, 5.41) is 3.78. The normalized spacial score (nSPS) is 10.7. The fourth-order valence-corrected chi connectivity index (χ4v) is 1.07. The zero-order valence-electron chi connectivity index (χ0n) is 8.05. The molecule has 6 heteroatoms. The van der Waals surface area contributed by atoms with E-state index in [0.29, 0.717) is 24.9 Å². The van der Waals surface area contributed by atoms with Crippen molar-refractivity contribution in [1.29, 1.82) is 0 Å². The monoisotopic (exact) mass is 209 g/mol. The Bertz CT molecular complexity index is 396. The predicted molar refractivity (Wildman–Crippen MR) is 50.7 cm³/mol. The van der Waals surface area contributed by atoms with Crippen LogP contribution in [-0.4, -0.2) is 23.3 Å². The van der Waals surface area contributed by atoms with Gasteiger partial charge in [0.15, 0.2) is 0 Å². The summed E-state index contributed by atoms with van der Waals surface area (Å²) in [7, 11) is 0. The highest BCUT2D eigenvalue weighted by molar-refractivity contribution is 5.51. The zero-order valence-corrected chi connectivity index (χ0v) is 8.05. The smallest absolute Gasteiger partial charge is 0.252 e. The molecule has 6 nitrogen and oxygen atoms in total. The Balaban J connectivity index is 1.98. The summed E-state index contributed by atoms with van der Waals surface area (Å²) in [6, 6.07) is 1.76. The molecule has 80 valence electrons. The van der Waals surface area contributed by atoms with Crippen molar-refractivity contribution in [2.75, 3.05) is 13.2 Å². The van der Waals surface area contributed by atoms with E-state index in [-0.39, 0.29) is 6.61 Å². The van der Waals surface area contributed by atoms with Crippen molar-refractivity contribution in [2.45, 2.75) is 6.61 Å². The highest BCUT2D eigenvalue weighted by Gasteiger charge is 2.08. The third-order valence-corrected chi connectivity index (χ3v) is 1.74. The second-order valence-corrected chi connectivity index (χ2v) is 2.87. The van der Waals surface area contributed by atoms with Crippen molar-refractivity contribution in [2.24, 2.45) is 5.73 Å². The molecule has 0 aromatic carbocycles. The van der Waals surface area contributed by atoms with E-state index < -0.39 is 0 Å². The lowest BCUT2D eigenvalue weighted by molar-refractivity contribution is 0.104. The van der Waals surface area contributed by atoms with E-state index in [1.807, 2.05) is 0 Å². The van der Waals surface area contributed by atoms with E-state index in [1.54, 1.807) is 18.6 Å². The standard InChI is InChI=1S/C9H11N3O3/c10-2-4-14-6-8-11-9(12-15-8)7-1-3-13-5-7/h1,3,5H,2,4,6,10H2. The number of ether oxygens (including phenoxy) is 1. The molecule has 0 unspecified atom stereocenters. The van der Waals surface area contributed by atoms with Crippen LogP contribution in [0.2, 0.25) is 0 Å². The summed E-state index contributed by atoms with van der Waals surface area (Å²) in [5.74, 6) is 0.926. The van der Waals surface area contributed by atoms with Crippen LogP contribution in [0.1, 0.15) is 5.89 Å². The van der Waals surface area contributed by atoms with Gasteiger partial charge < -0.3 is 19.4 Å². The minimum atomic E-state index is 0.280. The van der Waals surface area contributed by atoms with Crippen molar-refractivity contribution in [3.63, 3.8) is 0 Å². The molecule has 15 heavy (non-hydrogen) atoms.